The fraction of sp³-hybridized carbons (Fsp3) is 0.333. The second-order valence-corrected chi connectivity index (χ2v) is 6.73. The number of aryl methyl sites for hydroxylation is 1. The van der Waals surface area contributed by atoms with Crippen LogP contribution in [0.2, 0.25) is 0 Å². The van der Waals surface area contributed by atoms with Gasteiger partial charge in [0.2, 0.25) is 0 Å². The predicted octanol–water partition coefficient (Wildman–Crippen LogP) is 5.00. The molecule has 1 nitrogen and oxygen atoms in total. The minimum atomic E-state index is -0.0689. The first kappa shape index (κ1) is 15.3. The molecule has 2 aromatic rings. The van der Waals surface area contributed by atoms with Crippen molar-refractivity contribution >= 4 is 15.9 Å². The normalized spacial score (nSPS) is 12.7. The third-order valence-corrected chi connectivity index (χ3v) is 4.05. The molecular formula is C18H22BrN. The van der Waals surface area contributed by atoms with Gasteiger partial charge in [-0.2, -0.15) is 0 Å². The lowest BCUT2D eigenvalue weighted by Gasteiger charge is -2.16. The van der Waals surface area contributed by atoms with Crippen LogP contribution in [0, 0.1) is 12.8 Å². The monoisotopic (exact) mass is 331 g/mol. The Morgan fingerprint density at radius 2 is 1.70 bits per heavy atom. The minimum absolute atomic E-state index is 0.0689. The maximum Gasteiger partial charge on any atom is 0.0554 e. The molecule has 20 heavy (non-hydrogen) atoms. The Balaban J connectivity index is 2.24. The molecule has 2 heteroatoms. The van der Waals surface area contributed by atoms with Crippen LogP contribution in [0.25, 0.3) is 0 Å². The Bertz CT molecular complexity index is 572. The summed E-state index contributed by atoms with van der Waals surface area (Å²) in [5.41, 5.74) is 11.4. The number of benzene rings is 2. The molecule has 0 radical (unpaired) electrons. The van der Waals surface area contributed by atoms with Gasteiger partial charge in [-0.25, -0.2) is 0 Å². The summed E-state index contributed by atoms with van der Waals surface area (Å²) in [6.45, 7) is 6.59. The highest BCUT2D eigenvalue weighted by atomic mass is 79.9. The van der Waals surface area contributed by atoms with Gasteiger partial charge in [-0.15, -0.1) is 0 Å². The highest BCUT2D eigenvalue weighted by molar-refractivity contribution is 9.10. The van der Waals surface area contributed by atoms with Crippen molar-refractivity contribution < 1.29 is 0 Å². The van der Waals surface area contributed by atoms with Gasteiger partial charge in [-0.1, -0.05) is 60.1 Å². The van der Waals surface area contributed by atoms with Gasteiger partial charge in [-0.05, 0) is 53.6 Å². The average molecular weight is 332 g/mol. The smallest absolute Gasteiger partial charge is 0.0554 e. The molecule has 0 aliphatic rings. The Morgan fingerprint density at radius 3 is 2.30 bits per heavy atom. The zero-order valence-corrected chi connectivity index (χ0v) is 13.9. The van der Waals surface area contributed by atoms with Crippen molar-refractivity contribution in [2.75, 3.05) is 0 Å². The SMILES string of the molecule is Cc1ccc(Br)cc1C(N)c1ccc(CC(C)C)cc1. The summed E-state index contributed by atoms with van der Waals surface area (Å²) < 4.78 is 1.07. The predicted molar refractivity (Wildman–Crippen MR) is 89.9 cm³/mol. The van der Waals surface area contributed by atoms with E-state index in [1.54, 1.807) is 0 Å². The summed E-state index contributed by atoms with van der Waals surface area (Å²) in [5.74, 6) is 0.682. The molecule has 0 heterocycles. The van der Waals surface area contributed by atoms with Gasteiger partial charge in [-0.3, -0.25) is 0 Å². The molecule has 0 amide bonds. The first-order valence-corrected chi connectivity index (χ1v) is 7.87. The van der Waals surface area contributed by atoms with Gasteiger partial charge in [0.15, 0.2) is 0 Å². The fourth-order valence-electron chi connectivity index (χ4n) is 2.46. The summed E-state index contributed by atoms with van der Waals surface area (Å²) in [6.07, 6.45) is 1.12. The van der Waals surface area contributed by atoms with E-state index in [0.717, 1.165) is 10.9 Å². The van der Waals surface area contributed by atoms with Crippen LogP contribution in [0.1, 0.15) is 42.1 Å². The van der Waals surface area contributed by atoms with E-state index in [-0.39, 0.29) is 6.04 Å². The lowest BCUT2D eigenvalue weighted by atomic mass is 9.94. The van der Waals surface area contributed by atoms with E-state index >= 15 is 0 Å². The molecule has 0 spiro atoms. The molecular weight excluding hydrogens is 310 g/mol. The fourth-order valence-corrected chi connectivity index (χ4v) is 2.84. The maximum absolute atomic E-state index is 6.42. The number of hydrogen-bond donors (Lipinski definition) is 1. The van der Waals surface area contributed by atoms with Gasteiger partial charge < -0.3 is 5.73 Å². The van der Waals surface area contributed by atoms with Crippen molar-refractivity contribution in [1.82, 2.24) is 0 Å². The number of rotatable bonds is 4. The topological polar surface area (TPSA) is 26.0 Å². The van der Waals surface area contributed by atoms with Gasteiger partial charge >= 0.3 is 0 Å². The van der Waals surface area contributed by atoms with Crippen LogP contribution in [0.3, 0.4) is 0 Å². The van der Waals surface area contributed by atoms with E-state index in [9.17, 15) is 0 Å². The molecule has 0 aliphatic heterocycles. The maximum atomic E-state index is 6.42. The van der Waals surface area contributed by atoms with Crippen LogP contribution in [0.15, 0.2) is 46.9 Å². The molecule has 0 fully saturated rings. The van der Waals surface area contributed by atoms with E-state index in [4.69, 9.17) is 5.73 Å². The largest absolute Gasteiger partial charge is 0.320 e. The van der Waals surface area contributed by atoms with Crippen molar-refractivity contribution in [2.24, 2.45) is 11.7 Å². The summed E-state index contributed by atoms with van der Waals surface area (Å²) in [7, 11) is 0. The molecule has 2 rings (SSSR count). The van der Waals surface area contributed by atoms with Crippen LogP contribution in [0.5, 0.6) is 0 Å². The second kappa shape index (κ2) is 6.55. The molecule has 0 saturated heterocycles. The average Bonchev–Trinajstić information content (AvgIpc) is 2.41. The third kappa shape index (κ3) is 3.71. The lowest BCUT2D eigenvalue weighted by Crippen LogP contribution is -2.13. The quantitative estimate of drug-likeness (QED) is 0.837. The summed E-state index contributed by atoms with van der Waals surface area (Å²) in [4.78, 5) is 0. The van der Waals surface area contributed by atoms with Crippen molar-refractivity contribution in [3.05, 3.63) is 69.2 Å². The third-order valence-electron chi connectivity index (χ3n) is 3.56. The van der Waals surface area contributed by atoms with E-state index in [1.165, 1.54) is 22.3 Å². The molecule has 106 valence electrons. The number of halogens is 1. The molecule has 0 bridgehead atoms. The van der Waals surface area contributed by atoms with E-state index < -0.39 is 0 Å². The van der Waals surface area contributed by atoms with E-state index in [2.05, 4.69) is 79.2 Å². The first-order chi connectivity index (χ1) is 9.47. The number of nitrogens with two attached hydrogens (primary N) is 1. The zero-order valence-electron chi connectivity index (χ0n) is 12.4. The lowest BCUT2D eigenvalue weighted by molar-refractivity contribution is 0.647. The van der Waals surface area contributed by atoms with Crippen LogP contribution >= 0.6 is 15.9 Å². The van der Waals surface area contributed by atoms with Gasteiger partial charge in [0, 0.05) is 4.47 Å². The minimum Gasteiger partial charge on any atom is -0.320 e. The van der Waals surface area contributed by atoms with Gasteiger partial charge in [0.1, 0.15) is 0 Å². The highest BCUT2D eigenvalue weighted by Gasteiger charge is 2.12. The first-order valence-electron chi connectivity index (χ1n) is 7.08. The summed E-state index contributed by atoms with van der Waals surface area (Å²) in [6, 6.07) is 14.9. The summed E-state index contributed by atoms with van der Waals surface area (Å²) >= 11 is 3.52. The molecule has 0 aliphatic carbocycles. The standard InChI is InChI=1S/C18H22BrN/c1-12(2)10-14-5-7-15(8-6-14)18(20)17-11-16(19)9-4-13(17)3/h4-9,11-12,18H,10,20H2,1-3H3. The Labute approximate surface area is 130 Å². The van der Waals surface area contributed by atoms with Crippen LogP contribution in [-0.2, 0) is 6.42 Å². The molecule has 0 saturated carbocycles. The molecule has 0 aromatic heterocycles. The molecule has 1 unspecified atom stereocenters. The Hall–Kier alpha value is -1.12. The molecule has 2 N–H and O–H groups in total. The van der Waals surface area contributed by atoms with Crippen LogP contribution < -0.4 is 5.73 Å². The molecule has 2 aromatic carbocycles. The molecule has 1 atom stereocenters. The van der Waals surface area contributed by atoms with E-state index in [1.807, 2.05) is 0 Å². The van der Waals surface area contributed by atoms with Gasteiger partial charge in [0.25, 0.3) is 0 Å². The zero-order chi connectivity index (χ0) is 14.7. The number of hydrogen-bond acceptors (Lipinski definition) is 1. The Kier molecular flexibility index (Phi) is 5.00. The van der Waals surface area contributed by atoms with Crippen molar-refractivity contribution in [1.29, 1.82) is 0 Å². The van der Waals surface area contributed by atoms with Crippen molar-refractivity contribution in [3.63, 3.8) is 0 Å². The van der Waals surface area contributed by atoms with Gasteiger partial charge in [0.05, 0.1) is 6.04 Å². The Morgan fingerprint density at radius 1 is 1.05 bits per heavy atom. The summed E-state index contributed by atoms with van der Waals surface area (Å²) in [5, 5.41) is 0. The van der Waals surface area contributed by atoms with Crippen molar-refractivity contribution in [2.45, 2.75) is 33.2 Å². The van der Waals surface area contributed by atoms with E-state index in [0.29, 0.717) is 5.92 Å². The van der Waals surface area contributed by atoms with Crippen molar-refractivity contribution in [3.8, 4) is 0 Å². The van der Waals surface area contributed by atoms with Crippen LogP contribution in [-0.4, -0.2) is 0 Å². The van der Waals surface area contributed by atoms with Crippen LogP contribution in [0.4, 0.5) is 0 Å². The highest BCUT2D eigenvalue weighted by Crippen LogP contribution is 2.26. The second-order valence-electron chi connectivity index (χ2n) is 5.82.